The number of amides is 1. The van der Waals surface area contributed by atoms with Crippen LogP contribution in [0.25, 0.3) is 0 Å². The molecule has 20 heavy (non-hydrogen) atoms. The Bertz CT molecular complexity index is 309. The molecule has 1 rings (SSSR count). The molecular weight excluding hydrogens is 280 g/mol. The molecule has 0 bridgehead atoms. The largest absolute Gasteiger partial charge is 0.481 e. The first kappa shape index (κ1) is 19.2. The lowest BCUT2D eigenvalue weighted by Crippen LogP contribution is -2.45. The van der Waals surface area contributed by atoms with Gasteiger partial charge in [-0.2, -0.15) is 0 Å². The Morgan fingerprint density at radius 2 is 1.90 bits per heavy atom. The number of halogens is 1. The highest BCUT2D eigenvalue weighted by molar-refractivity contribution is 5.85. The van der Waals surface area contributed by atoms with E-state index in [0.29, 0.717) is 6.42 Å². The van der Waals surface area contributed by atoms with Crippen molar-refractivity contribution in [2.75, 3.05) is 26.2 Å². The minimum atomic E-state index is -0.739. The van der Waals surface area contributed by atoms with Crippen molar-refractivity contribution in [2.45, 2.75) is 52.0 Å². The summed E-state index contributed by atoms with van der Waals surface area (Å²) in [4.78, 5) is 26.9. The molecule has 5 nitrogen and oxygen atoms in total. The van der Waals surface area contributed by atoms with Crippen molar-refractivity contribution in [2.24, 2.45) is 0 Å². The second-order valence-electron chi connectivity index (χ2n) is 5.06. The molecule has 1 saturated heterocycles. The molecular formula is C14H27ClN2O3. The predicted molar refractivity (Wildman–Crippen MR) is 81.3 cm³/mol. The molecule has 118 valence electrons. The van der Waals surface area contributed by atoms with Crippen molar-refractivity contribution in [1.82, 2.24) is 9.80 Å². The molecule has 1 fully saturated rings. The lowest BCUT2D eigenvalue weighted by Gasteiger charge is -2.28. The SMILES string of the molecule is CCN(CC)C(=O)C1CCCN1CCCCC(=O)O.Cl. The van der Waals surface area contributed by atoms with Crippen LogP contribution in [-0.2, 0) is 9.59 Å². The molecule has 1 heterocycles. The average molecular weight is 307 g/mol. The Morgan fingerprint density at radius 3 is 2.45 bits per heavy atom. The van der Waals surface area contributed by atoms with Crippen LogP contribution < -0.4 is 0 Å². The minimum absolute atomic E-state index is 0. The van der Waals surface area contributed by atoms with Gasteiger partial charge in [-0.1, -0.05) is 0 Å². The summed E-state index contributed by atoms with van der Waals surface area (Å²) in [6.07, 6.45) is 3.78. The van der Waals surface area contributed by atoms with Gasteiger partial charge in [-0.25, -0.2) is 0 Å². The Hall–Kier alpha value is -0.810. The van der Waals surface area contributed by atoms with Crippen LogP contribution in [-0.4, -0.2) is 59.0 Å². The van der Waals surface area contributed by atoms with E-state index in [-0.39, 0.29) is 30.8 Å². The fourth-order valence-corrected chi connectivity index (χ4v) is 2.71. The molecule has 1 atom stereocenters. The monoisotopic (exact) mass is 306 g/mol. The Kier molecular flexibility index (Phi) is 9.59. The van der Waals surface area contributed by atoms with Crippen molar-refractivity contribution < 1.29 is 14.7 Å². The maximum Gasteiger partial charge on any atom is 0.303 e. The quantitative estimate of drug-likeness (QED) is 0.697. The minimum Gasteiger partial charge on any atom is -0.481 e. The Balaban J connectivity index is 0.00000361. The molecule has 0 radical (unpaired) electrons. The van der Waals surface area contributed by atoms with Crippen LogP contribution in [0.5, 0.6) is 0 Å². The topological polar surface area (TPSA) is 60.9 Å². The van der Waals surface area contributed by atoms with E-state index in [4.69, 9.17) is 5.11 Å². The normalized spacial score (nSPS) is 18.6. The van der Waals surface area contributed by atoms with Gasteiger partial charge in [0.1, 0.15) is 0 Å². The van der Waals surface area contributed by atoms with Gasteiger partial charge in [-0.15, -0.1) is 12.4 Å². The number of likely N-dealkylation sites (tertiary alicyclic amines) is 1. The molecule has 1 aliphatic rings. The van der Waals surface area contributed by atoms with Gasteiger partial charge >= 0.3 is 5.97 Å². The standard InChI is InChI=1S/C14H26N2O3.ClH/c1-3-15(4-2)14(19)12-8-7-11-16(12)10-6-5-9-13(17)18;/h12H,3-11H2,1-2H3,(H,17,18);1H. The second-order valence-corrected chi connectivity index (χ2v) is 5.06. The summed E-state index contributed by atoms with van der Waals surface area (Å²) in [7, 11) is 0. The van der Waals surface area contributed by atoms with Gasteiger partial charge in [0.15, 0.2) is 0 Å². The number of hydrogen-bond donors (Lipinski definition) is 1. The van der Waals surface area contributed by atoms with E-state index < -0.39 is 5.97 Å². The number of carboxylic acids is 1. The van der Waals surface area contributed by atoms with Crippen molar-refractivity contribution in [3.63, 3.8) is 0 Å². The molecule has 1 aliphatic heterocycles. The summed E-state index contributed by atoms with van der Waals surface area (Å²) in [5, 5.41) is 8.61. The molecule has 1 unspecified atom stereocenters. The van der Waals surface area contributed by atoms with Crippen LogP contribution >= 0.6 is 12.4 Å². The van der Waals surface area contributed by atoms with E-state index in [1.54, 1.807) is 0 Å². The van der Waals surface area contributed by atoms with Crippen LogP contribution in [0.4, 0.5) is 0 Å². The first-order valence-electron chi connectivity index (χ1n) is 7.34. The molecule has 6 heteroatoms. The molecule has 0 aliphatic carbocycles. The van der Waals surface area contributed by atoms with E-state index in [2.05, 4.69) is 4.90 Å². The first-order valence-corrected chi connectivity index (χ1v) is 7.34. The molecule has 0 aromatic rings. The van der Waals surface area contributed by atoms with E-state index in [1.165, 1.54) is 0 Å². The number of carboxylic acid groups (broad SMARTS) is 1. The van der Waals surface area contributed by atoms with Crippen LogP contribution in [0.2, 0.25) is 0 Å². The highest BCUT2D eigenvalue weighted by Gasteiger charge is 2.32. The Labute approximate surface area is 127 Å². The number of carbonyl (C=O) groups excluding carboxylic acids is 1. The lowest BCUT2D eigenvalue weighted by molar-refractivity contribution is -0.138. The molecule has 0 spiro atoms. The lowest BCUT2D eigenvalue weighted by atomic mass is 10.1. The average Bonchev–Trinajstić information content (AvgIpc) is 2.84. The fourth-order valence-electron chi connectivity index (χ4n) is 2.71. The van der Waals surface area contributed by atoms with Crippen LogP contribution in [0.15, 0.2) is 0 Å². The number of hydrogen-bond acceptors (Lipinski definition) is 3. The number of carbonyl (C=O) groups is 2. The van der Waals surface area contributed by atoms with Crippen molar-refractivity contribution >= 4 is 24.3 Å². The third kappa shape index (κ3) is 5.67. The van der Waals surface area contributed by atoms with Gasteiger partial charge in [0.2, 0.25) is 5.91 Å². The first-order chi connectivity index (χ1) is 9.10. The van der Waals surface area contributed by atoms with Gasteiger partial charge in [-0.3, -0.25) is 14.5 Å². The zero-order chi connectivity index (χ0) is 14.3. The van der Waals surface area contributed by atoms with E-state index in [1.807, 2.05) is 18.7 Å². The number of rotatable bonds is 8. The predicted octanol–water partition coefficient (Wildman–Crippen LogP) is 2.00. The van der Waals surface area contributed by atoms with E-state index >= 15 is 0 Å². The van der Waals surface area contributed by atoms with Crippen molar-refractivity contribution in [3.8, 4) is 0 Å². The summed E-state index contributed by atoms with van der Waals surface area (Å²) in [6, 6.07) is 0.0183. The van der Waals surface area contributed by atoms with Crippen molar-refractivity contribution in [3.05, 3.63) is 0 Å². The van der Waals surface area contributed by atoms with Crippen LogP contribution in [0.1, 0.15) is 46.0 Å². The van der Waals surface area contributed by atoms with Crippen LogP contribution in [0, 0.1) is 0 Å². The fraction of sp³-hybridized carbons (Fsp3) is 0.857. The number of likely N-dealkylation sites (N-methyl/N-ethyl adjacent to an activating group) is 1. The van der Waals surface area contributed by atoms with E-state index in [0.717, 1.165) is 45.4 Å². The smallest absolute Gasteiger partial charge is 0.303 e. The van der Waals surface area contributed by atoms with Gasteiger partial charge in [0.05, 0.1) is 6.04 Å². The summed E-state index contributed by atoms with van der Waals surface area (Å²) in [5.74, 6) is -0.502. The maximum absolute atomic E-state index is 12.3. The zero-order valence-electron chi connectivity index (χ0n) is 12.5. The molecule has 1 N–H and O–H groups in total. The number of nitrogens with zero attached hydrogens (tertiary/aromatic N) is 2. The number of unbranched alkanes of at least 4 members (excludes halogenated alkanes) is 1. The van der Waals surface area contributed by atoms with Gasteiger partial charge in [0, 0.05) is 19.5 Å². The maximum atomic E-state index is 12.3. The Morgan fingerprint density at radius 1 is 1.25 bits per heavy atom. The van der Waals surface area contributed by atoms with Crippen molar-refractivity contribution in [1.29, 1.82) is 0 Å². The van der Waals surface area contributed by atoms with Gasteiger partial charge in [-0.05, 0) is 52.6 Å². The second kappa shape index (κ2) is 10.00. The van der Waals surface area contributed by atoms with E-state index in [9.17, 15) is 9.59 Å². The zero-order valence-corrected chi connectivity index (χ0v) is 13.3. The molecule has 0 aromatic heterocycles. The summed E-state index contributed by atoms with van der Waals surface area (Å²) in [5.41, 5.74) is 0. The molecule has 0 aromatic carbocycles. The molecule has 1 amide bonds. The summed E-state index contributed by atoms with van der Waals surface area (Å²) in [6.45, 7) is 7.34. The third-order valence-corrected chi connectivity index (χ3v) is 3.81. The summed E-state index contributed by atoms with van der Waals surface area (Å²) >= 11 is 0. The van der Waals surface area contributed by atoms with Gasteiger partial charge in [0.25, 0.3) is 0 Å². The number of aliphatic carboxylic acids is 1. The van der Waals surface area contributed by atoms with Gasteiger partial charge < -0.3 is 10.0 Å². The molecule has 0 saturated carbocycles. The third-order valence-electron chi connectivity index (χ3n) is 3.81. The van der Waals surface area contributed by atoms with Crippen LogP contribution in [0.3, 0.4) is 0 Å². The summed E-state index contributed by atoms with van der Waals surface area (Å²) < 4.78 is 0. The highest BCUT2D eigenvalue weighted by Crippen LogP contribution is 2.20. The highest BCUT2D eigenvalue weighted by atomic mass is 35.5.